The van der Waals surface area contributed by atoms with Gasteiger partial charge in [-0.25, -0.2) is 0 Å². The standard InChI is InChI=1S/C14H17NO2S/c1-10-3-5-13(18-10)8-15-12-4-6-14(17-2)11(7-12)9-16/h3-7,15-16H,8-9H2,1-2H3. The largest absolute Gasteiger partial charge is 0.496 e. The topological polar surface area (TPSA) is 41.5 Å². The van der Waals surface area contributed by atoms with Crippen molar-refractivity contribution in [2.45, 2.75) is 20.1 Å². The number of benzene rings is 1. The van der Waals surface area contributed by atoms with Gasteiger partial charge in [0.15, 0.2) is 0 Å². The van der Waals surface area contributed by atoms with Gasteiger partial charge in [-0.2, -0.15) is 0 Å². The predicted octanol–water partition coefficient (Wildman–Crippen LogP) is 3.17. The maximum Gasteiger partial charge on any atom is 0.124 e. The number of aliphatic hydroxyl groups is 1. The number of hydrogen-bond acceptors (Lipinski definition) is 4. The number of methoxy groups -OCH3 is 1. The van der Waals surface area contributed by atoms with Gasteiger partial charge >= 0.3 is 0 Å². The molecule has 0 aliphatic heterocycles. The van der Waals surface area contributed by atoms with Gasteiger partial charge in [-0.05, 0) is 37.3 Å². The molecule has 0 radical (unpaired) electrons. The Balaban J connectivity index is 2.05. The van der Waals surface area contributed by atoms with Gasteiger partial charge in [-0.1, -0.05) is 0 Å². The molecular weight excluding hydrogens is 246 g/mol. The zero-order valence-electron chi connectivity index (χ0n) is 10.6. The third kappa shape index (κ3) is 3.03. The Labute approximate surface area is 111 Å². The first-order chi connectivity index (χ1) is 8.72. The monoisotopic (exact) mass is 263 g/mol. The molecule has 0 spiro atoms. The third-order valence-corrected chi connectivity index (χ3v) is 3.71. The lowest BCUT2D eigenvalue weighted by Crippen LogP contribution is -1.99. The lowest BCUT2D eigenvalue weighted by molar-refractivity contribution is 0.274. The molecule has 2 rings (SSSR count). The van der Waals surface area contributed by atoms with Crippen molar-refractivity contribution in [2.75, 3.05) is 12.4 Å². The maximum atomic E-state index is 9.26. The Hall–Kier alpha value is -1.52. The summed E-state index contributed by atoms with van der Waals surface area (Å²) in [6, 6.07) is 9.99. The molecule has 2 aromatic rings. The molecule has 0 saturated carbocycles. The minimum absolute atomic E-state index is 0.0171. The van der Waals surface area contributed by atoms with Crippen molar-refractivity contribution in [3.8, 4) is 5.75 Å². The minimum atomic E-state index is -0.0171. The first kappa shape index (κ1) is 12.9. The number of rotatable bonds is 5. The van der Waals surface area contributed by atoms with Crippen molar-refractivity contribution in [3.05, 3.63) is 45.6 Å². The van der Waals surface area contributed by atoms with Gasteiger partial charge in [-0.3, -0.25) is 0 Å². The summed E-state index contributed by atoms with van der Waals surface area (Å²) >= 11 is 1.79. The van der Waals surface area contributed by atoms with Crippen LogP contribution in [0.2, 0.25) is 0 Å². The summed E-state index contributed by atoms with van der Waals surface area (Å²) in [6.07, 6.45) is 0. The van der Waals surface area contributed by atoms with Gasteiger partial charge in [-0.15, -0.1) is 11.3 Å². The van der Waals surface area contributed by atoms with Crippen LogP contribution in [0, 0.1) is 6.92 Å². The van der Waals surface area contributed by atoms with Crippen LogP contribution in [0.15, 0.2) is 30.3 Å². The van der Waals surface area contributed by atoms with Crippen LogP contribution in [0.5, 0.6) is 5.75 Å². The fraction of sp³-hybridized carbons (Fsp3) is 0.286. The molecule has 1 aromatic carbocycles. The van der Waals surface area contributed by atoms with Crippen LogP contribution in [0.25, 0.3) is 0 Å². The van der Waals surface area contributed by atoms with Crippen molar-refractivity contribution in [3.63, 3.8) is 0 Å². The van der Waals surface area contributed by atoms with Crippen LogP contribution in [0.4, 0.5) is 5.69 Å². The molecule has 4 heteroatoms. The second-order valence-electron chi connectivity index (χ2n) is 4.05. The normalized spacial score (nSPS) is 10.4. The van der Waals surface area contributed by atoms with E-state index in [2.05, 4.69) is 24.4 Å². The van der Waals surface area contributed by atoms with Gasteiger partial charge in [0.1, 0.15) is 5.75 Å². The molecule has 0 aliphatic rings. The molecule has 2 N–H and O–H groups in total. The molecule has 0 unspecified atom stereocenters. The smallest absolute Gasteiger partial charge is 0.124 e. The molecular formula is C14H17NO2S. The first-order valence-corrected chi connectivity index (χ1v) is 6.61. The second kappa shape index (κ2) is 5.89. The van der Waals surface area contributed by atoms with E-state index in [4.69, 9.17) is 4.74 Å². The van der Waals surface area contributed by atoms with Crippen LogP contribution in [-0.4, -0.2) is 12.2 Å². The van der Waals surface area contributed by atoms with Gasteiger partial charge in [0.25, 0.3) is 0 Å². The molecule has 0 fully saturated rings. The quantitative estimate of drug-likeness (QED) is 0.870. The van der Waals surface area contributed by atoms with E-state index >= 15 is 0 Å². The lowest BCUT2D eigenvalue weighted by atomic mass is 10.2. The molecule has 0 saturated heterocycles. The van der Waals surface area contributed by atoms with Crippen LogP contribution in [0.3, 0.4) is 0 Å². The summed E-state index contributed by atoms with van der Waals surface area (Å²) < 4.78 is 5.17. The van der Waals surface area contributed by atoms with E-state index in [-0.39, 0.29) is 6.61 Å². The minimum Gasteiger partial charge on any atom is -0.496 e. The van der Waals surface area contributed by atoms with Gasteiger partial charge in [0, 0.05) is 27.5 Å². The van der Waals surface area contributed by atoms with Crippen LogP contribution < -0.4 is 10.1 Å². The van der Waals surface area contributed by atoms with Crippen molar-refractivity contribution in [1.82, 2.24) is 0 Å². The average molecular weight is 263 g/mol. The fourth-order valence-corrected chi connectivity index (χ4v) is 2.61. The van der Waals surface area contributed by atoms with Crippen molar-refractivity contribution in [2.24, 2.45) is 0 Å². The summed E-state index contributed by atoms with van der Waals surface area (Å²) in [6.45, 7) is 2.89. The van der Waals surface area contributed by atoms with Crippen LogP contribution >= 0.6 is 11.3 Å². The summed E-state index contributed by atoms with van der Waals surface area (Å²) in [5.41, 5.74) is 1.79. The number of aryl methyl sites for hydroxylation is 1. The lowest BCUT2D eigenvalue weighted by Gasteiger charge is -2.10. The Morgan fingerprint density at radius 1 is 1.28 bits per heavy atom. The van der Waals surface area contributed by atoms with Crippen LogP contribution in [0.1, 0.15) is 15.3 Å². The predicted molar refractivity (Wildman–Crippen MR) is 75.3 cm³/mol. The zero-order valence-corrected chi connectivity index (χ0v) is 11.4. The highest BCUT2D eigenvalue weighted by atomic mass is 32.1. The van der Waals surface area contributed by atoms with E-state index in [0.29, 0.717) is 0 Å². The van der Waals surface area contributed by atoms with E-state index in [1.54, 1.807) is 18.4 Å². The summed E-state index contributed by atoms with van der Waals surface area (Å²) in [4.78, 5) is 2.62. The Kier molecular flexibility index (Phi) is 4.23. The summed E-state index contributed by atoms with van der Waals surface area (Å²) in [7, 11) is 1.61. The molecule has 96 valence electrons. The first-order valence-electron chi connectivity index (χ1n) is 5.80. The number of aliphatic hydroxyl groups excluding tert-OH is 1. The highest BCUT2D eigenvalue weighted by Gasteiger charge is 2.03. The van der Waals surface area contributed by atoms with Crippen molar-refractivity contribution >= 4 is 17.0 Å². The Morgan fingerprint density at radius 3 is 2.72 bits per heavy atom. The molecule has 18 heavy (non-hydrogen) atoms. The second-order valence-corrected chi connectivity index (χ2v) is 5.42. The van der Waals surface area contributed by atoms with Crippen LogP contribution in [-0.2, 0) is 13.2 Å². The fourth-order valence-electron chi connectivity index (χ4n) is 1.78. The van der Waals surface area contributed by atoms with Crippen molar-refractivity contribution in [1.29, 1.82) is 0 Å². The third-order valence-electron chi connectivity index (χ3n) is 2.71. The van der Waals surface area contributed by atoms with E-state index in [9.17, 15) is 5.11 Å². The molecule has 1 aromatic heterocycles. The number of nitrogens with one attached hydrogen (secondary N) is 1. The highest BCUT2D eigenvalue weighted by molar-refractivity contribution is 7.11. The molecule has 0 amide bonds. The Morgan fingerprint density at radius 2 is 2.11 bits per heavy atom. The number of thiophene rings is 1. The van der Waals surface area contributed by atoms with E-state index in [0.717, 1.165) is 23.5 Å². The van der Waals surface area contributed by atoms with E-state index in [1.807, 2.05) is 18.2 Å². The SMILES string of the molecule is COc1ccc(NCc2ccc(C)s2)cc1CO. The van der Waals surface area contributed by atoms with E-state index < -0.39 is 0 Å². The number of anilines is 1. The number of ether oxygens (including phenoxy) is 1. The molecule has 3 nitrogen and oxygen atoms in total. The summed E-state index contributed by atoms with van der Waals surface area (Å²) in [5, 5.41) is 12.6. The highest BCUT2D eigenvalue weighted by Crippen LogP contribution is 2.23. The van der Waals surface area contributed by atoms with Crippen molar-refractivity contribution < 1.29 is 9.84 Å². The number of hydrogen-bond donors (Lipinski definition) is 2. The zero-order chi connectivity index (χ0) is 13.0. The Bertz CT molecular complexity index is 522. The van der Waals surface area contributed by atoms with Gasteiger partial charge < -0.3 is 15.2 Å². The molecule has 0 atom stereocenters. The van der Waals surface area contributed by atoms with Gasteiger partial charge in [0.05, 0.1) is 13.7 Å². The van der Waals surface area contributed by atoms with Gasteiger partial charge in [0.2, 0.25) is 0 Å². The maximum absolute atomic E-state index is 9.26. The molecule has 0 bridgehead atoms. The molecule has 0 aliphatic carbocycles. The summed E-state index contributed by atoms with van der Waals surface area (Å²) in [5.74, 6) is 0.718. The van der Waals surface area contributed by atoms with E-state index in [1.165, 1.54) is 9.75 Å². The molecule has 1 heterocycles. The average Bonchev–Trinajstić information content (AvgIpc) is 2.81.